The highest BCUT2D eigenvalue weighted by molar-refractivity contribution is 5.59. The van der Waals surface area contributed by atoms with Gasteiger partial charge >= 0.3 is 0 Å². The minimum atomic E-state index is -0.595. The maximum absolute atomic E-state index is 13.8. The number of nitrogens with one attached hydrogen (secondary N) is 1. The van der Waals surface area contributed by atoms with E-state index in [0.29, 0.717) is 42.0 Å². The molecular weight excluding hydrogens is 426 g/mol. The minimum absolute atomic E-state index is 0.300. The van der Waals surface area contributed by atoms with Crippen molar-refractivity contribution in [3.8, 4) is 0 Å². The summed E-state index contributed by atoms with van der Waals surface area (Å²) >= 11 is 0. The van der Waals surface area contributed by atoms with E-state index in [1.165, 1.54) is 12.1 Å². The predicted octanol–water partition coefficient (Wildman–Crippen LogP) is 3.52. The summed E-state index contributed by atoms with van der Waals surface area (Å²) in [6.07, 6.45) is 4.78. The summed E-state index contributed by atoms with van der Waals surface area (Å²) < 4.78 is 29.4. The molecule has 1 N–H and O–H groups in total. The third-order valence-electron chi connectivity index (χ3n) is 7.05. The molecule has 0 amide bonds. The largest absolute Gasteiger partial charge is 0.356 e. The van der Waals surface area contributed by atoms with E-state index >= 15 is 0 Å². The lowest BCUT2D eigenvalue weighted by Gasteiger charge is -2.38. The maximum atomic E-state index is 13.8. The van der Waals surface area contributed by atoms with Crippen molar-refractivity contribution >= 4 is 23.4 Å². The quantitative estimate of drug-likeness (QED) is 0.649. The second kappa shape index (κ2) is 7.93. The molecule has 0 radical (unpaired) electrons. The number of benzene rings is 1. The van der Waals surface area contributed by atoms with Crippen molar-refractivity contribution in [2.45, 2.75) is 38.8 Å². The summed E-state index contributed by atoms with van der Waals surface area (Å²) in [6, 6.07) is 5.91. The van der Waals surface area contributed by atoms with Crippen LogP contribution in [-0.2, 0) is 6.54 Å². The molecule has 1 saturated carbocycles. The zero-order valence-corrected chi connectivity index (χ0v) is 18.5. The third kappa shape index (κ3) is 3.77. The van der Waals surface area contributed by atoms with Gasteiger partial charge in [-0.05, 0) is 50.2 Å². The molecule has 3 atom stereocenters. The molecule has 10 heteroatoms. The van der Waals surface area contributed by atoms with Gasteiger partial charge in [-0.25, -0.2) is 23.4 Å². The van der Waals surface area contributed by atoms with E-state index < -0.39 is 11.6 Å². The lowest BCUT2D eigenvalue weighted by Crippen LogP contribution is -2.48. The van der Waals surface area contributed by atoms with E-state index in [0.717, 1.165) is 56.5 Å². The lowest BCUT2D eigenvalue weighted by molar-refractivity contribution is 0.374. The molecule has 1 aliphatic carbocycles. The standard InChI is InChI=1S/C23H26F2N8/c1-14-7-20(27-13-26-14)31-11-15-3-4-16(12-31)21(15)28-22-29-23-32(5-2-6-33(23)30-22)19-9-17(24)8-18(25)10-19/h7-10,13,15-16,21H,2-6,11-12H2,1H3,(H,28,30)/t15-,16+,21-. The number of aromatic nitrogens is 5. The number of rotatable bonds is 4. The first kappa shape index (κ1) is 20.3. The Kier molecular flexibility index (Phi) is 4.88. The van der Waals surface area contributed by atoms with E-state index in [-0.39, 0.29) is 0 Å². The Morgan fingerprint density at radius 1 is 0.970 bits per heavy atom. The molecular formula is C23H26F2N8. The van der Waals surface area contributed by atoms with Crippen LogP contribution in [0, 0.1) is 30.4 Å². The summed E-state index contributed by atoms with van der Waals surface area (Å²) in [4.78, 5) is 17.6. The van der Waals surface area contributed by atoms with Crippen LogP contribution in [0.15, 0.2) is 30.6 Å². The summed E-state index contributed by atoms with van der Waals surface area (Å²) in [7, 11) is 0. The van der Waals surface area contributed by atoms with Crippen LogP contribution in [0.3, 0.4) is 0 Å². The zero-order valence-electron chi connectivity index (χ0n) is 18.5. The summed E-state index contributed by atoms with van der Waals surface area (Å²) in [5.41, 5.74) is 1.43. The summed E-state index contributed by atoms with van der Waals surface area (Å²) in [5, 5.41) is 8.28. The molecule has 6 rings (SSSR count). The number of hydrogen-bond acceptors (Lipinski definition) is 7. The molecule has 1 saturated heterocycles. The van der Waals surface area contributed by atoms with Crippen molar-refractivity contribution in [2.75, 3.05) is 34.8 Å². The molecule has 3 aliphatic rings. The molecule has 8 nitrogen and oxygen atoms in total. The Morgan fingerprint density at radius 2 is 1.73 bits per heavy atom. The Bertz CT molecular complexity index is 1150. The second-order valence-corrected chi connectivity index (χ2v) is 9.28. The number of hydrogen-bond donors (Lipinski definition) is 1. The molecule has 2 bridgehead atoms. The normalized spacial score (nSPS) is 24.2. The molecule has 33 heavy (non-hydrogen) atoms. The van der Waals surface area contributed by atoms with Gasteiger partial charge in [0.15, 0.2) is 0 Å². The second-order valence-electron chi connectivity index (χ2n) is 9.28. The SMILES string of the molecule is Cc1cc(N2C[C@H]3CC[C@@H](C2)[C@@H]3Nc2nc3n(n2)CCCN3c2cc(F)cc(F)c2)ncn1. The van der Waals surface area contributed by atoms with Gasteiger partial charge in [0, 0.05) is 55.7 Å². The van der Waals surface area contributed by atoms with Crippen LogP contribution in [0.1, 0.15) is 25.0 Å². The summed E-state index contributed by atoms with van der Waals surface area (Å²) in [5.74, 6) is 1.97. The number of anilines is 4. The third-order valence-corrected chi connectivity index (χ3v) is 7.05. The zero-order chi connectivity index (χ0) is 22.5. The smallest absolute Gasteiger partial charge is 0.244 e. The highest BCUT2D eigenvalue weighted by atomic mass is 19.1. The number of fused-ring (bicyclic) bond motifs is 3. The van der Waals surface area contributed by atoms with Gasteiger partial charge in [0.05, 0.1) is 0 Å². The van der Waals surface area contributed by atoms with Gasteiger partial charge in [0.25, 0.3) is 0 Å². The Hall–Kier alpha value is -3.30. The van der Waals surface area contributed by atoms with Crippen LogP contribution in [0.5, 0.6) is 0 Å². The highest BCUT2D eigenvalue weighted by Gasteiger charge is 2.43. The fourth-order valence-corrected chi connectivity index (χ4v) is 5.57. The highest BCUT2D eigenvalue weighted by Crippen LogP contribution is 2.40. The van der Waals surface area contributed by atoms with Gasteiger partial charge in [0.1, 0.15) is 23.8 Å². The maximum Gasteiger partial charge on any atom is 0.244 e. The average Bonchev–Trinajstić information content (AvgIpc) is 3.29. The first-order valence-corrected chi connectivity index (χ1v) is 11.5. The fraction of sp³-hybridized carbons (Fsp3) is 0.478. The number of nitrogens with zero attached hydrogens (tertiary/aromatic N) is 7. The van der Waals surface area contributed by atoms with Crippen molar-refractivity contribution in [3.05, 3.63) is 47.9 Å². The molecule has 1 aromatic carbocycles. The van der Waals surface area contributed by atoms with Gasteiger partial charge in [-0.2, -0.15) is 4.98 Å². The van der Waals surface area contributed by atoms with E-state index in [1.807, 2.05) is 22.6 Å². The monoisotopic (exact) mass is 452 g/mol. The van der Waals surface area contributed by atoms with Crippen molar-refractivity contribution in [2.24, 2.45) is 11.8 Å². The first-order valence-electron chi connectivity index (χ1n) is 11.5. The van der Waals surface area contributed by atoms with Crippen LogP contribution >= 0.6 is 0 Å². The number of piperidine rings is 1. The molecule has 3 aromatic rings. The van der Waals surface area contributed by atoms with E-state index in [9.17, 15) is 8.78 Å². The van der Waals surface area contributed by atoms with Crippen molar-refractivity contribution < 1.29 is 8.78 Å². The topological polar surface area (TPSA) is 75.0 Å². The number of aryl methyl sites for hydroxylation is 2. The minimum Gasteiger partial charge on any atom is -0.356 e. The Morgan fingerprint density at radius 3 is 2.45 bits per heavy atom. The van der Waals surface area contributed by atoms with Crippen LogP contribution in [0.4, 0.5) is 32.2 Å². The molecule has 172 valence electrons. The predicted molar refractivity (Wildman–Crippen MR) is 121 cm³/mol. The van der Waals surface area contributed by atoms with Gasteiger partial charge < -0.3 is 15.1 Å². The van der Waals surface area contributed by atoms with Crippen LogP contribution in [-0.4, -0.2) is 50.4 Å². The Balaban J connectivity index is 1.21. The molecule has 2 fully saturated rings. The van der Waals surface area contributed by atoms with Crippen molar-refractivity contribution in [1.29, 1.82) is 0 Å². The van der Waals surface area contributed by atoms with Gasteiger partial charge in [-0.15, -0.1) is 5.10 Å². The van der Waals surface area contributed by atoms with Crippen molar-refractivity contribution in [3.63, 3.8) is 0 Å². The Labute approximate surface area is 190 Å². The van der Waals surface area contributed by atoms with Gasteiger partial charge in [-0.3, -0.25) is 0 Å². The van der Waals surface area contributed by atoms with Crippen LogP contribution in [0.25, 0.3) is 0 Å². The summed E-state index contributed by atoms with van der Waals surface area (Å²) in [6.45, 7) is 5.24. The molecule has 0 unspecified atom stereocenters. The number of halogens is 2. The average molecular weight is 453 g/mol. The van der Waals surface area contributed by atoms with E-state index in [4.69, 9.17) is 4.98 Å². The van der Waals surface area contributed by atoms with E-state index in [2.05, 4.69) is 25.3 Å². The van der Waals surface area contributed by atoms with Crippen LogP contribution < -0.4 is 15.1 Å². The molecule has 0 spiro atoms. The molecule has 2 aromatic heterocycles. The molecule has 2 aliphatic heterocycles. The van der Waals surface area contributed by atoms with Crippen molar-refractivity contribution in [1.82, 2.24) is 24.7 Å². The fourth-order valence-electron chi connectivity index (χ4n) is 5.57. The van der Waals surface area contributed by atoms with Gasteiger partial charge in [0.2, 0.25) is 11.9 Å². The molecule has 4 heterocycles. The van der Waals surface area contributed by atoms with Gasteiger partial charge in [-0.1, -0.05) is 0 Å². The van der Waals surface area contributed by atoms with Crippen LogP contribution in [0.2, 0.25) is 0 Å². The first-order chi connectivity index (χ1) is 16.0. The lowest BCUT2D eigenvalue weighted by atomic mass is 9.92. The van der Waals surface area contributed by atoms with E-state index in [1.54, 1.807) is 6.33 Å².